The van der Waals surface area contributed by atoms with Gasteiger partial charge in [-0.1, -0.05) is 23.8 Å². The lowest BCUT2D eigenvalue weighted by Crippen LogP contribution is -2.27. The van der Waals surface area contributed by atoms with E-state index in [2.05, 4.69) is 4.72 Å². The number of nitrogens with one attached hydrogen (secondary N) is 1. The van der Waals surface area contributed by atoms with Crippen molar-refractivity contribution >= 4 is 10.0 Å². The van der Waals surface area contributed by atoms with Crippen LogP contribution in [-0.4, -0.2) is 22.6 Å². The Morgan fingerprint density at radius 3 is 2.33 bits per heavy atom. The lowest BCUT2D eigenvalue weighted by atomic mass is 10.0. The number of methoxy groups -OCH3 is 2. The molecule has 1 atom stereocenters. The average Bonchev–Trinajstić information content (AvgIpc) is 2.55. The molecule has 0 amide bonds. The van der Waals surface area contributed by atoms with Crippen LogP contribution < -0.4 is 14.2 Å². The third kappa shape index (κ3) is 3.88. The highest BCUT2D eigenvalue weighted by Gasteiger charge is 2.24. The molecule has 0 aliphatic carbocycles. The molecule has 2 rings (SSSR count). The predicted molar refractivity (Wildman–Crippen MR) is 94.2 cm³/mol. The highest BCUT2D eigenvalue weighted by Crippen LogP contribution is 2.29. The van der Waals surface area contributed by atoms with Crippen LogP contribution in [-0.2, 0) is 10.0 Å². The van der Waals surface area contributed by atoms with Gasteiger partial charge in [-0.05, 0) is 44.0 Å². The maximum atomic E-state index is 12.8. The molecule has 0 heterocycles. The maximum absolute atomic E-state index is 12.8. The fourth-order valence-corrected chi connectivity index (χ4v) is 3.99. The summed E-state index contributed by atoms with van der Waals surface area (Å²) in [4.78, 5) is 0.0570. The molecular weight excluding hydrogens is 326 g/mol. The van der Waals surface area contributed by atoms with Gasteiger partial charge in [-0.2, -0.15) is 0 Å². The van der Waals surface area contributed by atoms with E-state index in [4.69, 9.17) is 9.47 Å². The van der Waals surface area contributed by atoms with Crippen molar-refractivity contribution in [3.05, 3.63) is 53.1 Å². The Kier molecular flexibility index (Phi) is 5.51. The molecule has 6 heteroatoms. The summed E-state index contributed by atoms with van der Waals surface area (Å²) in [7, 11) is -0.838. The smallest absolute Gasteiger partial charge is 0.244 e. The van der Waals surface area contributed by atoms with E-state index < -0.39 is 10.0 Å². The Labute approximate surface area is 143 Å². The molecule has 1 N–H and O–H groups in total. The zero-order valence-electron chi connectivity index (χ0n) is 14.6. The van der Waals surface area contributed by atoms with Crippen LogP contribution >= 0.6 is 0 Å². The van der Waals surface area contributed by atoms with Crippen molar-refractivity contribution in [2.45, 2.75) is 31.7 Å². The minimum atomic E-state index is -3.77. The maximum Gasteiger partial charge on any atom is 0.244 e. The minimum Gasteiger partial charge on any atom is -0.497 e. The van der Waals surface area contributed by atoms with Gasteiger partial charge in [0.15, 0.2) is 0 Å². The Morgan fingerprint density at radius 1 is 1.00 bits per heavy atom. The zero-order chi connectivity index (χ0) is 17.9. The van der Waals surface area contributed by atoms with Crippen molar-refractivity contribution in [1.29, 1.82) is 0 Å². The molecule has 5 nitrogen and oxygen atoms in total. The second kappa shape index (κ2) is 7.23. The fourth-order valence-electron chi connectivity index (χ4n) is 2.58. The number of rotatable bonds is 6. The van der Waals surface area contributed by atoms with E-state index in [1.54, 1.807) is 12.1 Å². The molecule has 1 unspecified atom stereocenters. The molecule has 2 aromatic rings. The van der Waals surface area contributed by atoms with E-state index in [9.17, 15) is 8.42 Å². The normalized spacial score (nSPS) is 12.7. The minimum absolute atomic E-state index is 0.0570. The third-order valence-corrected chi connectivity index (χ3v) is 5.46. The van der Waals surface area contributed by atoms with E-state index in [1.165, 1.54) is 20.3 Å². The molecule has 0 saturated carbocycles. The first kappa shape index (κ1) is 18.3. The van der Waals surface area contributed by atoms with Crippen molar-refractivity contribution in [3.63, 3.8) is 0 Å². The van der Waals surface area contributed by atoms with E-state index in [0.717, 1.165) is 16.7 Å². The van der Waals surface area contributed by atoms with Gasteiger partial charge in [0.2, 0.25) is 10.0 Å². The van der Waals surface area contributed by atoms with Crippen molar-refractivity contribution in [3.8, 4) is 11.5 Å². The first-order chi connectivity index (χ1) is 11.3. The average molecular weight is 349 g/mol. The SMILES string of the molecule is COc1ccc(OC)c(S(=O)(=O)NC(C)c2cc(C)ccc2C)c1. The van der Waals surface area contributed by atoms with E-state index in [-0.39, 0.29) is 16.7 Å². The highest BCUT2D eigenvalue weighted by atomic mass is 32.2. The molecule has 0 bridgehead atoms. The number of benzene rings is 2. The summed E-state index contributed by atoms with van der Waals surface area (Å²) >= 11 is 0. The fraction of sp³-hybridized carbons (Fsp3) is 0.333. The Bertz CT molecular complexity index is 831. The molecular formula is C18H23NO4S. The summed E-state index contributed by atoms with van der Waals surface area (Å²) in [6, 6.07) is 10.3. The number of ether oxygens (including phenoxy) is 2. The van der Waals surface area contributed by atoms with Crippen molar-refractivity contribution in [2.24, 2.45) is 0 Å². The summed E-state index contributed by atoms with van der Waals surface area (Å²) < 4.78 is 38.7. The summed E-state index contributed by atoms with van der Waals surface area (Å²) in [6.07, 6.45) is 0. The molecule has 2 aromatic carbocycles. The van der Waals surface area contributed by atoms with Gasteiger partial charge < -0.3 is 9.47 Å². The predicted octanol–water partition coefficient (Wildman–Crippen LogP) is 3.36. The van der Waals surface area contributed by atoms with Crippen LogP contribution in [0.25, 0.3) is 0 Å². The highest BCUT2D eigenvalue weighted by molar-refractivity contribution is 7.89. The molecule has 0 fully saturated rings. The summed E-state index contributed by atoms with van der Waals surface area (Å²) in [5.41, 5.74) is 3.06. The molecule has 24 heavy (non-hydrogen) atoms. The third-order valence-electron chi connectivity index (χ3n) is 3.89. The second-order valence-corrected chi connectivity index (χ2v) is 7.40. The van der Waals surface area contributed by atoms with Crippen molar-refractivity contribution in [2.75, 3.05) is 14.2 Å². The number of sulfonamides is 1. The molecule has 130 valence electrons. The first-order valence-electron chi connectivity index (χ1n) is 7.60. The lowest BCUT2D eigenvalue weighted by Gasteiger charge is -2.19. The van der Waals surface area contributed by atoms with E-state index in [1.807, 2.05) is 39.0 Å². The van der Waals surface area contributed by atoms with Gasteiger partial charge in [-0.25, -0.2) is 13.1 Å². The van der Waals surface area contributed by atoms with Gasteiger partial charge in [0.25, 0.3) is 0 Å². The number of hydrogen-bond acceptors (Lipinski definition) is 4. The Balaban J connectivity index is 2.39. The van der Waals surface area contributed by atoms with E-state index in [0.29, 0.717) is 5.75 Å². The van der Waals surface area contributed by atoms with Crippen LogP contribution in [0.2, 0.25) is 0 Å². The molecule has 0 aliphatic heterocycles. The molecule has 0 saturated heterocycles. The Hall–Kier alpha value is -2.05. The van der Waals surface area contributed by atoms with Crippen molar-refractivity contribution in [1.82, 2.24) is 4.72 Å². The largest absolute Gasteiger partial charge is 0.497 e. The zero-order valence-corrected chi connectivity index (χ0v) is 15.4. The van der Waals surface area contributed by atoms with Crippen LogP contribution in [0, 0.1) is 13.8 Å². The van der Waals surface area contributed by atoms with Crippen LogP contribution in [0.5, 0.6) is 11.5 Å². The molecule has 0 aromatic heterocycles. The summed E-state index contributed by atoms with van der Waals surface area (Å²) in [6.45, 7) is 5.77. The van der Waals surface area contributed by atoms with Crippen LogP contribution in [0.4, 0.5) is 0 Å². The van der Waals surface area contributed by atoms with Gasteiger partial charge in [0.1, 0.15) is 16.4 Å². The van der Waals surface area contributed by atoms with Gasteiger partial charge in [-0.3, -0.25) is 0 Å². The lowest BCUT2D eigenvalue weighted by molar-refractivity contribution is 0.391. The van der Waals surface area contributed by atoms with E-state index >= 15 is 0 Å². The first-order valence-corrected chi connectivity index (χ1v) is 9.08. The second-order valence-electron chi connectivity index (χ2n) is 5.72. The van der Waals surface area contributed by atoms with Gasteiger partial charge in [-0.15, -0.1) is 0 Å². The molecule has 0 spiro atoms. The summed E-state index contributed by atoms with van der Waals surface area (Å²) in [5.74, 6) is 0.729. The van der Waals surface area contributed by atoms with Crippen LogP contribution in [0.15, 0.2) is 41.3 Å². The quantitative estimate of drug-likeness (QED) is 0.868. The topological polar surface area (TPSA) is 64.6 Å². The molecule has 0 radical (unpaired) electrons. The van der Waals surface area contributed by atoms with Crippen molar-refractivity contribution < 1.29 is 17.9 Å². The Morgan fingerprint density at radius 2 is 1.71 bits per heavy atom. The van der Waals surface area contributed by atoms with Gasteiger partial charge in [0.05, 0.1) is 14.2 Å². The standard InChI is InChI=1S/C18H23NO4S/c1-12-6-7-13(2)16(10-12)14(3)19-24(20,21)18-11-15(22-4)8-9-17(18)23-5/h6-11,14,19H,1-5H3. The van der Waals surface area contributed by atoms with Gasteiger partial charge in [0, 0.05) is 12.1 Å². The van der Waals surface area contributed by atoms with Crippen LogP contribution in [0.3, 0.4) is 0 Å². The summed E-state index contributed by atoms with van der Waals surface area (Å²) in [5, 5.41) is 0. The number of hydrogen-bond donors (Lipinski definition) is 1. The number of aryl methyl sites for hydroxylation is 2. The monoisotopic (exact) mass is 349 g/mol. The molecule has 0 aliphatic rings. The van der Waals surface area contributed by atoms with Crippen LogP contribution in [0.1, 0.15) is 29.7 Å². The van der Waals surface area contributed by atoms with Gasteiger partial charge >= 0.3 is 0 Å².